The lowest BCUT2D eigenvalue weighted by molar-refractivity contribution is -0.151. The summed E-state index contributed by atoms with van der Waals surface area (Å²) in [5.74, 6) is -1.12. The highest BCUT2D eigenvalue weighted by Gasteiger charge is 2.43. The molecule has 0 heterocycles. The lowest BCUT2D eigenvalue weighted by Gasteiger charge is -2.38. The van der Waals surface area contributed by atoms with Crippen LogP contribution in [-0.2, 0) is 4.79 Å². The molecule has 0 saturated heterocycles. The van der Waals surface area contributed by atoms with Crippen LogP contribution in [-0.4, -0.2) is 23.0 Å². The van der Waals surface area contributed by atoms with Gasteiger partial charge < -0.3 is 10.4 Å². The number of rotatable bonds is 3. The van der Waals surface area contributed by atoms with Crippen LogP contribution in [0.5, 0.6) is 0 Å². The fourth-order valence-corrected chi connectivity index (χ4v) is 3.22. The second kappa shape index (κ2) is 6.06. The lowest BCUT2D eigenvalue weighted by atomic mass is 9.71. The number of carbonyl (C=O) groups excluding carboxylic acids is 1. The maximum Gasteiger partial charge on any atom is 0.311 e. The van der Waals surface area contributed by atoms with Crippen molar-refractivity contribution in [2.75, 3.05) is 0 Å². The number of carboxylic acids is 1. The maximum atomic E-state index is 12.4. The van der Waals surface area contributed by atoms with Crippen LogP contribution in [0.2, 0.25) is 5.02 Å². The van der Waals surface area contributed by atoms with Gasteiger partial charge in [0.1, 0.15) is 0 Å². The normalized spacial score (nSPS) is 25.4. The number of nitrogens with one attached hydrogen (secondary N) is 1. The highest BCUT2D eigenvalue weighted by molar-refractivity contribution is 6.31. The molecule has 1 amide bonds. The van der Waals surface area contributed by atoms with Crippen molar-refractivity contribution in [1.82, 2.24) is 5.32 Å². The van der Waals surface area contributed by atoms with Crippen LogP contribution in [0, 0.1) is 12.3 Å². The summed E-state index contributed by atoms with van der Waals surface area (Å²) in [6, 6.07) is 4.78. The molecule has 2 N–H and O–H groups in total. The Morgan fingerprint density at radius 2 is 2.05 bits per heavy atom. The van der Waals surface area contributed by atoms with Crippen LogP contribution in [0.4, 0.5) is 0 Å². The lowest BCUT2D eigenvalue weighted by Crippen LogP contribution is -2.52. The van der Waals surface area contributed by atoms with E-state index in [2.05, 4.69) is 5.32 Å². The highest BCUT2D eigenvalue weighted by Crippen LogP contribution is 2.36. The monoisotopic (exact) mass is 309 g/mol. The Balaban J connectivity index is 2.19. The van der Waals surface area contributed by atoms with Gasteiger partial charge >= 0.3 is 5.97 Å². The maximum absolute atomic E-state index is 12.4. The zero-order valence-electron chi connectivity index (χ0n) is 12.3. The number of hydrogen-bond acceptors (Lipinski definition) is 2. The molecule has 1 aromatic carbocycles. The first-order valence-corrected chi connectivity index (χ1v) is 7.52. The quantitative estimate of drug-likeness (QED) is 0.899. The number of aryl methyl sites for hydroxylation is 1. The summed E-state index contributed by atoms with van der Waals surface area (Å²) in [7, 11) is 0. The molecular weight excluding hydrogens is 290 g/mol. The molecule has 2 unspecified atom stereocenters. The Hall–Kier alpha value is -1.55. The van der Waals surface area contributed by atoms with E-state index in [4.69, 9.17) is 11.6 Å². The summed E-state index contributed by atoms with van der Waals surface area (Å²) >= 11 is 5.97. The molecule has 21 heavy (non-hydrogen) atoms. The number of amides is 1. The van der Waals surface area contributed by atoms with Gasteiger partial charge in [-0.3, -0.25) is 9.59 Å². The Labute approximate surface area is 129 Å². The van der Waals surface area contributed by atoms with Gasteiger partial charge in [0.2, 0.25) is 0 Å². The van der Waals surface area contributed by atoms with Crippen LogP contribution >= 0.6 is 11.6 Å². The molecule has 1 aliphatic carbocycles. The van der Waals surface area contributed by atoms with Gasteiger partial charge in [0, 0.05) is 16.6 Å². The molecule has 2 atom stereocenters. The third kappa shape index (κ3) is 3.38. The predicted octanol–water partition coefficient (Wildman–Crippen LogP) is 3.41. The first-order valence-electron chi connectivity index (χ1n) is 7.14. The number of hydrogen-bond donors (Lipinski definition) is 2. The minimum atomic E-state index is -0.901. The van der Waals surface area contributed by atoms with Crippen molar-refractivity contribution in [2.24, 2.45) is 5.41 Å². The van der Waals surface area contributed by atoms with Crippen molar-refractivity contribution >= 4 is 23.5 Å². The van der Waals surface area contributed by atoms with Crippen molar-refractivity contribution in [2.45, 2.75) is 45.6 Å². The second-order valence-corrected chi connectivity index (χ2v) is 6.45. The van der Waals surface area contributed by atoms with E-state index in [1.54, 1.807) is 25.1 Å². The van der Waals surface area contributed by atoms with E-state index in [0.717, 1.165) is 18.4 Å². The average molecular weight is 310 g/mol. The van der Waals surface area contributed by atoms with Gasteiger partial charge in [-0.25, -0.2) is 0 Å². The summed E-state index contributed by atoms with van der Waals surface area (Å²) in [5.41, 5.74) is 0.470. The van der Waals surface area contributed by atoms with Crippen molar-refractivity contribution in [3.63, 3.8) is 0 Å². The molecule has 0 spiro atoms. The predicted molar refractivity (Wildman–Crippen MR) is 81.7 cm³/mol. The molecule has 2 rings (SSSR count). The molecule has 0 aliphatic heterocycles. The largest absolute Gasteiger partial charge is 0.481 e. The van der Waals surface area contributed by atoms with E-state index in [0.29, 0.717) is 23.4 Å². The van der Waals surface area contributed by atoms with E-state index in [1.807, 2.05) is 6.92 Å². The Bertz CT molecular complexity index is 552. The zero-order chi connectivity index (χ0) is 15.6. The Morgan fingerprint density at radius 3 is 2.67 bits per heavy atom. The Kier molecular flexibility index (Phi) is 4.57. The van der Waals surface area contributed by atoms with Crippen molar-refractivity contribution < 1.29 is 14.7 Å². The topological polar surface area (TPSA) is 66.4 Å². The molecule has 1 aliphatic rings. The molecule has 5 heteroatoms. The van der Waals surface area contributed by atoms with Crippen molar-refractivity contribution in [1.29, 1.82) is 0 Å². The molecule has 0 radical (unpaired) electrons. The van der Waals surface area contributed by atoms with E-state index in [1.165, 1.54) is 0 Å². The molecule has 4 nitrogen and oxygen atoms in total. The van der Waals surface area contributed by atoms with Gasteiger partial charge in [0.05, 0.1) is 5.41 Å². The van der Waals surface area contributed by atoms with Crippen molar-refractivity contribution in [3.8, 4) is 0 Å². The van der Waals surface area contributed by atoms with Gasteiger partial charge in [-0.15, -0.1) is 0 Å². The highest BCUT2D eigenvalue weighted by atomic mass is 35.5. The SMILES string of the molecule is Cc1cc(Cl)cc(C(=O)NC2CCCCC2(C)C(=O)O)c1. The second-order valence-electron chi connectivity index (χ2n) is 6.01. The summed E-state index contributed by atoms with van der Waals surface area (Å²) in [6.45, 7) is 3.58. The van der Waals surface area contributed by atoms with Crippen LogP contribution in [0.1, 0.15) is 48.5 Å². The number of halogens is 1. The van der Waals surface area contributed by atoms with Crippen LogP contribution < -0.4 is 5.32 Å². The number of aliphatic carboxylic acids is 1. The first kappa shape index (κ1) is 15.8. The standard InChI is InChI=1S/C16H20ClNO3/c1-10-7-11(9-12(17)8-10)14(19)18-13-5-3-4-6-16(13,2)15(20)21/h7-9,13H,3-6H2,1-2H3,(H,18,19)(H,20,21). The summed E-state index contributed by atoms with van der Waals surface area (Å²) in [6.07, 6.45) is 3.09. The number of benzene rings is 1. The molecule has 1 saturated carbocycles. The van der Waals surface area contributed by atoms with Gasteiger partial charge in [-0.05, 0) is 50.5 Å². The fourth-order valence-electron chi connectivity index (χ4n) is 2.93. The number of carbonyl (C=O) groups is 2. The van der Waals surface area contributed by atoms with Crippen LogP contribution in [0.3, 0.4) is 0 Å². The minimum absolute atomic E-state index is 0.264. The van der Waals surface area contributed by atoms with Gasteiger partial charge in [0.25, 0.3) is 5.91 Å². The zero-order valence-corrected chi connectivity index (χ0v) is 13.0. The number of carboxylic acid groups (broad SMARTS) is 1. The smallest absolute Gasteiger partial charge is 0.311 e. The third-order valence-electron chi connectivity index (χ3n) is 4.31. The summed E-state index contributed by atoms with van der Waals surface area (Å²) in [5, 5.41) is 12.9. The molecule has 0 bridgehead atoms. The first-order chi connectivity index (χ1) is 9.83. The van der Waals surface area contributed by atoms with Gasteiger partial charge in [-0.2, -0.15) is 0 Å². The molecule has 114 valence electrons. The Morgan fingerprint density at radius 1 is 1.33 bits per heavy atom. The van der Waals surface area contributed by atoms with E-state index < -0.39 is 11.4 Å². The molecular formula is C16H20ClNO3. The molecule has 1 aromatic rings. The van der Waals surface area contributed by atoms with E-state index in [9.17, 15) is 14.7 Å². The van der Waals surface area contributed by atoms with E-state index >= 15 is 0 Å². The third-order valence-corrected chi connectivity index (χ3v) is 4.52. The fraction of sp³-hybridized carbons (Fsp3) is 0.500. The summed E-state index contributed by atoms with van der Waals surface area (Å²) < 4.78 is 0. The van der Waals surface area contributed by atoms with Crippen LogP contribution in [0.15, 0.2) is 18.2 Å². The van der Waals surface area contributed by atoms with Gasteiger partial charge in [-0.1, -0.05) is 24.4 Å². The van der Waals surface area contributed by atoms with Crippen LogP contribution in [0.25, 0.3) is 0 Å². The van der Waals surface area contributed by atoms with Gasteiger partial charge in [0.15, 0.2) is 0 Å². The molecule has 0 aromatic heterocycles. The summed E-state index contributed by atoms with van der Waals surface area (Å²) in [4.78, 5) is 23.9. The minimum Gasteiger partial charge on any atom is -0.481 e. The average Bonchev–Trinajstić information content (AvgIpc) is 2.40. The molecule has 1 fully saturated rings. The van der Waals surface area contributed by atoms with Crippen molar-refractivity contribution in [3.05, 3.63) is 34.3 Å². The van der Waals surface area contributed by atoms with E-state index in [-0.39, 0.29) is 11.9 Å².